The van der Waals surface area contributed by atoms with E-state index in [0.717, 1.165) is 0 Å². The molecule has 4 heteroatoms. The van der Waals surface area contributed by atoms with E-state index in [1.807, 2.05) is 0 Å². The first kappa shape index (κ1) is 10.3. The standard InChI is InChI=1S/C12H8FNO2/c13-11-3-1-2-4-12(11)16-10-5-9(8-15)6-14-7-10/h1-8H. The molecule has 0 aliphatic rings. The minimum atomic E-state index is -0.459. The van der Waals surface area contributed by atoms with Crippen LogP contribution in [0.5, 0.6) is 11.5 Å². The molecule has 0 saturated carbocycles. The first-order valence-corrected chi connectivity index (χ1v) is 4.62. The topological polar surface area (TPSA) is 39.2 Å². The maximum atomic E-state index is 13.2. The predicted octanol–water partition coefficient (Wildman–Crippen LogP) is 2.83. The molecule has 1 aromatic heterocycles. The summed E-state index contributed by atoms with van der Waals surface area (Å²) in [4.78, 5) is 14.3. The van der Waals surface area contributed by atoms with Crippen molar-refractivity contribution in [3.05, 3.63) is 54.1 Å². The largest absolute Gasteiger partial charge is 0.453 e. The van der Waals surface area contributed by atoms with Gasteiger partial charge in [-0.15, -0.1) is 0 Å². The summed E-state index contributed by atoms with van der Waals surface area (Å²) in [6.07, 6.45) is 3.47. The molecular formula is C12H8FNO2. The molecule has 1 heterocycles. The number of benzene rings is 1. The predicted molar refractivity (Wildman–Crippen MR) is 56.1 cm³/mol. The fourth-order valence-electron chi connectivity index (χ4n) is 1.21. The Morgan fingerprint density at radius 3 is 2.81 bits per heavy atom. The monoisotopic (exact) mass is 217 g/mol. The van der Waals surface area contributed by atoms with Gasteiger partial charge in [0.15, 0.2) is 17.9 Å². The summed E-state index contributed by atoms with van der Waals surface area (Å²) in [5.74, 6) is -0.0268. The number of carbonyl (C=O) groups is 1. The zero-order chi connectivity index (χ0) is 11.4. The van der Waals surface area contributed by atoms with Crippen molar-refractivity contribution < 1.29 is 13.9 Å². The summed E-state index contributed by atoms with van der Waals surface area (Å²) in [7, 11) is 0. The van der Waals surface area contributed by atoms with Gasteiger partial charge in [0.2, 0.25) is 0 Å². The van der Waals surface area contributed by atoms with Crippen molar-refractivity contribution in [3.63, 3.8) is 0 Å². The van der Waals surface area contributed by atoms with Crippen LogP contribution in [0.25, 0.3) is 0 Å². The highest BCUT2D eigenvalue weighted by Gasteiger charge is 2.03. The quantitative estimate of drug-likeness (QED) is 0.742. The number of ether oxygens (including phenoxy) is 1. The van der Waals surface area contributed by atoms with Crippen molar-refractivity contribution in [1.29, 1.82) is 0 Å². The van der Waals surface area contributed by atoms with E-state index in [2.05, 4.69) is 4.98 Å². The van der Waals surface area contributed by atoms with Crippen LogP contribution in [0.15, 0.2) is 42.7 Å². The SMILES string of the molecule is O=Cc1cncc(Oc2ccccc2F)c1. The van der Waals surface area contributed by atoms with E-state index < -0.39 is 5.82 Å². The van der Waals surface area contributed by atoms with Crippen LogP contribution in [0, 0.1) is 5.82 Å². The highest BCUT2D eigenvalue weighted by molar-refractivity contribution is 5.74. The van der Waals surface area contributed by atoms with Crippen LogP contribution in [0.1, 0.15) is 10.4 Å². The van der Waals surface area contributed by atoms with Crippen LogP contribution in [-0.4, -0.2) is 11.3 Å². The van der Waals surface area contributed by atoms with Gasteiger partial charge in [0.1, 0.15) is 5.75 Å². The lowest BCUT2D eigenvalue weighted by atomic mass is 10.3. The Labute approximate surface area is 91.5 Å². The van der Waals surface area contributed by atoms with E-state index in [1.54, 1.807) is 12.1 Å². The minimum Gasteiger partial charge on any atom is -0.453 e. The molecule has 80 valence electrons. The van der Waals surface area contributed by atoms with Crippen LogP contribution >= 0.6 is 0 Å². The average Bonchev–Trinajstić information content (AvgIpc) is 2.32. The molecule has 0 unspecified atom stereocenters. The van der Waals surface area contributed by atoms with Gasteiger partial charge < -0.3 is 4.74 Å². The van der Waals surface area contributed by atoms with Crippen molar-refractivity contribution in [1.82, 2.24) is 4.98 Å². The number of para-hydroxylation sites is 1. The summed E-state index contributed by atoms with van der Waals surface area (Å²) in [5, 5.41) is 0. The lowest BCUT2D eigenvalue weighted by Crippen LogP contribution is -1.90. The molecule has 2 rings (SSSR count). The maximum Gasteiger partial charge on any atom is 0.165 e. The summed E-state index contributed by atoms with van der Waals surface area (Å²) in [5.41, 5.74) is 0.383. The van der Waals surface area contributed by atoms with Crippen molar-refractivity contribution in [3.8, 4) is 11.5 Å². The third-order valence-corrected chi connectivity index (χ3v) is 1.93. The van der Waals surface area contributed by atoms with Crippen LogP contribution < -0.4 is 4.74 Å². The number of rotatable bonds is 3. The molecule has 0 atom stereocenters. The first-order chi connectivity index (χ1) is 7.79. The van der Waals surface area contributed by atoms with E-state index in [4.69, 9.17) is 4.74 Å². The van der Waals surface area contributed by atoms with Gasteiger partial charge in [-0.05, 0) is 18.2 Å². The molecule has 0 aliphatic heterocycles. The Morgan fingerprint density at radius 1 is 1.25 bits per heavy atom. The number of hydrogen-bond acceptors (Lipinski definition) is 3. The lowest BCUT2D eigenvalue weighted by Gasteiger charge is -2.05. The second-order valence-electron chi connectivity index (χ2n) is 3.10. The Morgan fingerprint density at radius 2 is 2.06 bits per heavy atom. The molecule has 2 aromatic rings. The van der Waals surface area contributed by atoms with E-state index in [9.17, 15) is 9.18 Å². The molecule has 0 amide bonds. The summed E-state index contributed by atoms with van der Waals surface area (Å²) in [6, 6.07) is 7.53. The molecule has 0 spiro atoms. The van der Waals surface area contributed by atoms with Gasteiger partial charge in [-0.3, -0.25) is 9.78 Å². The molecule has 0 radical (unpaired) electrons. The van der Waals surface area contributed by atoms with Crippen LogP contribution in [0.2, 0.25) is 0 Å². The summed E-state index contributed by atoms with van der Waals surface area (Å²) < 4.78 is 18.5. The van der Waals surface area contributed by atoms with Crippen molar-refractivity contribution in [2.45, 2.75) is 0 Å². The van der Waals surface area contributed by atoms with Gasteiger partial charge in [0, 0.05) is 11.8 Å². The van der Waals surface area contributed by atoms with Gasteiger partial charge in [0.25, 0.3) is 0 Å². The number of pyridine rings is 1. The summed E-state index contributed by atoms with van der Waals surface area (Å²) >= 11 is 0. The first-order valence-electron chi connectivity index (χ1n) is 4.62. The second kappa shape index (κ2) is 4.53. The number of halogens is 1. The lowest BCUT2D eigenvalue weighted by molar-refractivity contribution is 0.112. The number of aromatic nitrogens is 1. The molecule has 1 aromatic carbocycles. The van der Waals surface area contributed by atoms with Crippen molar-refractivity contribution in [2.75, 3.05) is 0 Å². The Bertz CT molecular complexity index is 514. The molecule has 3 nitrogen and oxygen atoms in total. The molecule has 0 N–H and O–H groups in total. The van der Waals surface area contributed by atoms with E-state index in [0.29, 0.717) is 17.6 Å². The fourth-order valence-corrected chi connectivity index (χ4v) is 1.21. The van der Waals surface area contributed by atoms with Crippen molar-refractivity contribution in [2.24, 2.45) is 0 Å². The molecule has 0 aliphatic carbocycles. The number of hydrogen-bond donors (Lipinski definition) is 0. The molecule has 0 fully saturated rings. The number of carbonyl (C=O) groups excluding carboxylic acids is 1. The number of aldehydes is 1. The van der Waals surface area contributed by atoms with E-state index in [-0.39, 0.29) is 5.75 Å². The van der Waals surface area contributed by atoms with E-state index >= 15 is 0 Å². The third kappa shape index (κ3) is 2.23. The average molecular weight is 217 g/mol. The zero-order valence-corrected chi connectivity index (χ0v) is 8.26. The highest BCUT2D eigenvalue weighted by atomic mass is 19.1. The third-order valence-electron chi connectivity index (χ3n) is 1.93. The van der Waals surface area contributed by atoms with Gasteiger partial charge in [-0.25, -0.2) is 4.39 Å². The second-order valence-corrected chi connectivity index (χ2v) is 3.10. The molecular weight excluding hydrogens is 209 g/mol. The van der Waals surface area contributed by atoms with E-state index in [1.165, 1.54) is 30.6 Å². The number of nitrogens with zero attached hydrogens (tertiary/aromatic N) is 1. The molecule has 0 bridgehead atoms. The molecule has 16 heavy (non-hydrogen) atoms. The summed E-state index contributed by atoms with van der Waals surface area (Å²) in [6.45, 7) is 0. The maximum absolute atomic E-state index is 13.2. The fraction of sp³-hybridized carbons (Fsp3) is 0. The molecule has 0 saturated heterocycles. The van der Waals surface area contributed by atoms with Gasteiger partial charge in [-0.2, -0.15) is 0 Å². The van der Waals surface area contributed by atoms with Gasteiger partial charge in [-0.1, -0.05) is 12.1 Å². The Balaban J connectivity index is 2.27. The van der Waals surface area contributed by atoms with Crippen LogP contribution in [-0.2, 0) is 0 Å². The highest BCUT2D eigenvalue weighted by Crippen LogP contribution is 2.23. The van der Waals surface area contributed by atoms with Gasteiger partial charge >= 0.3 is 0 Å². The Kier molecular flexibility index (Phi) is 2.91. The normalized spacial score (nSPS) is 9.81. The van der Waals surface area contributed by atoms with Crippen molar-refractivity contribution >= 4 is 6.29 Å². The van der Waals surface area contributed by atoms with Crippen LogP contribution in [0.4, 0.5) is 4.39 Å². The van der Waals surface area contributed by atoms with Crippen LogP contribution in [0.3, 0.4) is 0 Å². The smallest absolute Gasteiger partial charge is 0.165 e. The van der Waals surface area contributed by atoms with Gasteiger partial charge in [0.05, 0.1) is 6.20 Å². The minimum absolute atomic E-state index is 0.104. The Hall–Kier alpha value is -2.23. The zero-order valence-electron chi connectivity index (χ0n) is 8.26.